The van der Waals surface area contributed by atoms with E-state index in [-0.39, 0.29) is 18.7 Å². The van der Waals surface area contributed by atoms with Gasteiger partial charge in [0.25, 0.3) is 5.91 Å². The topological polar surface area (TPSA) is 94.2 Å². The maximum absolute atomic E-state index is 12.7. The first-order chi connectivity index (χ1) is 12.8. The third-order valence-corrected chi connectivity index (χ3v) is 5.27. The zero-order valence-corrected chi connectivity index (χ0v) is 16.0. The summed E-state index contributed by atoms with van der Waals surface area (Å²) in [6, 6.07) is 9.86. The number of carbonyl (C=O) groups excluding carboxylic acids is 1. The molecule has 1 aliphatic rings. The Morgan fingerprint density at radius 3 is 2.41 bits per heavy atom. The molecule has 0 saturated carbocycles. The van der Waals surface area contributed by atoms with Crippen molar-refractivity contribution >= 4 is 27.3 Å². The average Bonchev–Trinajstić information content (AvgIpc) is 2.65. The van der Waals surface area contributed by atoms with E-state index in [9.17, 15) is 13.2 Å². The number of ether oxygens (including phenoxy) is 3. The molecule has 1 heterocycles. The molecule has 0 aliphatic carbocycles. The summed E-state index contributed by atoms with van der Waals surface area (Å²) in [4.78, 5) is 12.7. The lowest BCUT2D eigenvalue weighted by Gasteiger charge is -2.29. The largest absolute Gasteiger partial charge is 0.496 e. The van der Waals surface area contributed by atoms with Crippen LogP contribution < -0.4 is 23.8 Å². The van der Waals surface area contributed by atoms with Gasteiger partial charge in [-0.1, -0.05) is 6.07 Å². The van der Waals surface area contributed by atoms with Gasteiger partial charge in [0.1, 0.15) is 29.4 Å². The number of methoxy groups -OCH3 is 2. The van der Waals surface area contributed by atoms with Crippen LogP contribution in [-0.4, -0.2) is 48.0 Å². The molecule has 27 heavy (non-hydrogen) atoms. The Morgan fingerprint density at radius 2 is 1.81 bits per heavy atom. The third kappa shape index (κ3) is 3.77. The van der Waals surface area contributed by atoms with Crippen molar-refractivity contribution in [3.8, 4) is 17.2 Å². The van der Waals surface area contributed by atoms with Crippen molar-refractivity contribution in [3.05, 3.63) is 42.0 Å². The number of nitrogens with zero attached hydrogens (tertiary/aromatic N) is 1. The van der Waals surface area contributed by atoms with E-state index in [1.54, 1.807) is 36.4 Å². The quantitative estimate of drug-likeness (QED) is 0.838. The van der Waals surface area contributed by atoms with Gasteiger partial charge in [-0.15, -0.1) is 0 Å². The Labute approximate surface area is 157 Å². The fourth-order valence-corrected chi connectivity index (χ4v) is 3.80. The number of carbonyl (C=O) groups is 1. The van der Waals surface area contributed by atoms with Crippen LogP contribution in [0.5, 0.6) is 17.2 Å². The molecule has 0 bridgehead atoms. The number of anilines is 2. The van der Waals surface area contributed by atoms with Crippen molar-refractivity contribution in [3.63, 3.8) is 0 Å². The van der Waals surface area contributed by atoms with Crippen molar-refractivity contribution < 1.29 is 27.4 Å². The minimum Gasteiger partial charge on any atom is -0.496 e. The first kappa shape index (κ1) is 18.8. The molecule has 0 atom stereocenters. The SMILES string of the molecule is COc1cccc(OC)c1C(=O)Nc1ccc2c(c1)OCCN2S(C)(=O)=O. The van der Waals surface area contributed by atoms with Gasteiger partial charge in [-0.05, 0) is 24.3 Å². The molecule has 1 N–H and O–H groups in total. The normalized spacial score (nSPS) is 13.4. The monoisotopic (exact) mass is 392 g/mol. The van der Waals surface area contributed by atoms with Gasteiger partial charge < -0.3 is 19.5 Å². The number of hydrogen-bond acceptors (Lipinski definition) is 6. The van der Waals surface area contributed by atoms with E-state index in [2.05, 4.69) is 5.32 Å². The van der Waals surface area contributed by atoms with Crippen molar-refractivity contribution in [2.45, 2.75) is 0 Å². The van der Waals surface area contributed by atoms with Crippen molar-refractivity contribution in [2.75, 3.05) is 43.2 Å². The fraction of sp³-hybridized carbons (Fsp3) is 0.278. The lowest BCUT2D eigenvalue weighted by atomic mass is 10.1. The molecule has 3 rings (SSSR count). The number of rotatable bonds is 5. The summed E-state index contributed by atoms with van der Waals surface area (Å²) >= 11 is 0. The molecule has 0 spiro atoms. The molecular formula is C18H20N2O6S. The Balaban J connectivity index is 1.91. The van der Waals surface area contributed by atoms with Crippen molar-refractivity contribution in [2.24, 2.45) is 0 Å². The maximum Gasteiger partial charge on any atom is 0.263 e. The highest BCUT2D eigenvalue weighted by Crippen LogP contribution is 2.36. The number of hydrogen-bond donors (Lipinski definition) is 1. The minimum absolute atomic E-state index is 0.234. The zero-order valence-electron chi connectivity index (χ0n) is 15.2. The minimum atomic E-state index is -3.40. The Kier molecular flexibility index (Phi) is 5.13. The van der Waals surface area contributed by atoms with E-state index < -0.39 is 15.9 Å². The first-order valence-corrected chi connectivity index (χ1v) is 9.97. The van der Waals surface area contributed by atoms with Gasteiger partial charge >= 0.3 is 0 Å². The molecular weight excluding hydrogens is 372 g/mol. The van der Waals surface area contributed by atoms with E-state index >= 15 is 0 Å². The average molecular weight is 392 g/mol. The van der Waals surface area contributed by atoms with E-state index in [0.29, 0.717) is 28.6 Å². The van der Waals surface area contributed by atoms with Gasteiger partial charge in [0, 0.05) is 11.8 Å². The van der Waals surface area contributed by atoms with E-state index in [4.69, 9.17) is 14.2 Å². The lowest BCUT2D eigenvalue weighted by molar-refractivity contribution is 0.102. The highest BCUT2D eigenvalue weighted by molar-refractivity contribution is 7.92. The molecule has 0 saturated heterocycles. The number of amides is 1. The van der Waals surface area contributed by atoms with Crippen molar-refractivity contribution in [1.29, 1.82) is 0 Å². The highest BCUT2D eigenvalue weighted by Gasteiger charge is 2.26. The third-order valence-electron chi connectivity index (χ3n) is 4.09. The van der Waals surface area contributed by atoms with E-state index in [1.807, 2.05) is 0 Å². The molecule has 0 fully saturated rings. The maximum atomic E-state index is 12.7. The van der Waals surface area contributed by atoms with Crippen LogP contribution in [0.15, 0.2) is 36.4 Å². The predicted octanol–water partition coefficient (Wildman–Crippen LogP) is 2.11. The number of nitrogens with one attached hydrogen (secondary N) is 1. The summed E-state index contributed by atoms with van der Waals surface area (Å²) < 4.78 is 41.2. The standard InChI is InChI=1S/C18H20N2O6S/c1-24-14-5-4-6-15(25-2)17(14)18(21)19-12-7-8-13-16(11-12)26-10-9-20(13)27(3,22)23/h4-8,11H,9-10H2,1-3H3,(H,19,21). The molecule has 0 radical (unpaired) electrons. The fourth-order valence-electron chi connectivity index (χ4n) is 2.89. The second kappa shape index (κ2) is 7.36. The van der Waals surface area contributed by atoms with E-state index in [1.165, 1.54) is 18.5 Å². The highest BCUT2D eigenvalue weighted by atomic mass is 32.2. The number of fused-ring (bicyclic) bond motifs is 1. The lowest BCUT2D eigenvalue weighted by Crippen LogP contribution is -2.37. The van der Waals surface area contributed by atoms with Crippen LogP contribution >= 0.6 is 0 Å². The number of benzene rings is 2. The first-order valence-electron chi connectivity index (χ1n) is 8.12. The van der Waals surface area contributed by atoms with E-state index in [0.717, 1.165) is 6.26 Å². The van der Waals surface area contributed by atoms with Crippen LogP contribution in [0.1, 0.15) is 10.4 Å². The molecule has 1 aliphatic heterocycles. The smallest absolute Gasteiger partial charge is 0.263 e. The molecule has 0 unspecified atom stereocenters. The van der Waals surface area contributed by atoms with Crippen LogP contribution in [0.25, 0.3) is 0 Å². The van der Waals surface area contributed by atoms with Gasteiger partial charge in [0.2, 0.25) is 10.0 Å². The number of sulfonamides is 1. The van der Waals surface area contributed by atoms with Crippen LogP contribution in [0.3, 0.4) is 0 Å². The van der Waals surface area contributed by atoms with Gasteiger partial charge in [-0.25, -0.2) is 8.42 Å². The van der Waals surface area contributed by atoms with Gasteiger partial charge in [0.15, 0.2) is 0 Å². The van der Waals surface area contributed by atoms with Crippen LogP contribution in [0.2, 0.25) is 0 Å². The second-order valence-electron chi connectivity index (χ2n) is 5.86. The summed E-state index contributed by atoms with van der Waals surface area (Å²) in [5.41, 5.74) is 1.16. The summed E-state index contributed by atoms with van der Waals surface area (Å²) in [6.45, 7) is 0.480. The molecule has 1 amide bonds. The Morgan fingerprint density at radius 1 is 1.15 bits per heavy atom. The zero-order chi connectivity index (χ0) is 19.6. The second-order valence-corrected chi connectivity index (χ2v) is 7.76. The molecule has 2 aromatic rings. The van der Waals surface area contributed by atoms with Gasteiger partial charge in [-0.3, -0.25) is 9.10 Å². The van der Waals surface area contributed by atoms with Crippen LogP contribution in [-0.2, 0) is 10.0 Å². The molecule has 8 nitrogen and oxygen atoms in total. The summed E-state index contributed by atoms with van der Waals surface area (Å²) in [6.07, 6.45) is 1.14. The summed E-state index contributed by atoms with van der Waals surface area (Å²) in [5, 5.41) is 2.76. The molecule has 9 heteroatoms. The van der Waals surface area contributed by atoms with Crippen LogP contribution in [0, 0.1) is 0 Å². The Bertz CT molecular complexity index is 952. The van der Waals surface area contributed by atoms with Crippen molar-refractivity contribution in [1.82, 2.24) is 0 Å². The van der Waals surface area contributed by atoms with Gasteiger partial charge in [-0.2, -0.15) is 0 Å². The Hall–Kier alpha value is -2.94. The predicted molar refractivity (Wildman–Crippen MR) is 102 cm³/mol. The molecule has 144 valence electrons. The summed E-state index contributed by atoms with van der Waals surface area (Å²) in [7, 11) is -0.463. The van der Waals surface area contributed by atoms with Gasteiger partial charge in [0.05, 0.1) is 32.7 Å². The molecule has 0 aromatic heterocycles. The molecule has 2 aromatic carbocycles. The van der Waals surface area contributed by atoms with Crippen LogP contribution in [0.4, 0.5) is 11.4 Å². The summed E-state index contributed by atoms with van der Waals surface area (Å²) in [5.74, 6) is 0.727.